The number of hydrogen-bond acceptors (Lipinski definition) is 2. The third-order valence-corrected chi connectivity index (χ3v) is 3.24. The van der Waals surface area contributed by atoms with Gasteiger partial charge < -0.3 is 10.1 Å². The van der Waals surface area contributed by atoms with Crippen molar-refractivity contribution >= 4 is 0 Å². The van der Waals surface area contributed by atoms with E-state index in [4.69, 9.17) is 4.74 Å². The molecule has 1 aromatic carbocycles. The van der Waals surface area contributed by atoms with Gasteiger partial charge >= 0.3 is 0 Å². The third-order valence-electron chi connectivity index (χ3n) is 3.24. The summed E-state index contributed by atoms with van der Waals surface area (Å²) in [4.78, 5) is 0. The minimum absolute atomic E-state index is 0.521. The fourth-order valence-electron chi connectivity index (χ4n) is 1.90. The Morgan fingerprint density at radius 1 is 1.29 bits per heavy atom. The van der Waals surface area contributed by atoms with Gasteiger partial charge in [0.25, 0.3) is 0 Å². The van der Waals surface area contributed by atoms with Gasteiger partial charge in [0, 0.05) is 12.6 Å². The maximum absolute atomic E-state index is 5.82. The van der Waals surface area contributed by atoms with Gasteiger partial charge in [-0.15, -0.1) is 0 Å². The average molecular weight is 233 g/mol. The Morgan fingerprint density at radius 3 is 2.71 bits per heavy atom. The second kappa shape index (κ2) is 6.18. The second-order valence-corrected chi connectivity index (χ2v) is 5.22. The van der Waals surface area contributed by atoms with Crippen molar-refractivity contribution in [3.63, 3.8) is 0 Å². The highest BCUT2D eigenvalue weighted by Crippen LogP contribution is 2.23. The number of ether oxygens (including phenoxy) is 1. The molecule has 0 unspecified atom stereocenters. The van der Waals surface area contributed by atoms with Crippen LogP contribution >= 0.6 is 0 Å². The molecule has 0 aromatic heterocycles. The van der Waals surface area contributed by atoms with Crippen molar-refractivity contribution in [1.29, 1.82) is 0 Å². The number of nitrogens with one attached hydrogen (secondary N) is 1. The second-order valence-electron chi connectivity index (χ2n) is 5.22. The summed E-state index contributed by atoms with van der Waals surface area (Å²) >= 11 is 0. The van der Waals surface area contributed by atoms with Crippen LogP contribution in [0.3, 0.4) is 0 Å². The summed E-state index contributed by atoms with van der Waals surface area (Å²) in [6.45, 7) is 6.04. The van der Waals surface area contributed by atoms with E-state index in [0.29, 0.717) is 12.1 Å². The molecule has 2 heteroatoms. The molecule has 1 aliphatic carbocycles. The van der Waals surface area contributed by atoms with Gasteiger partial charge in [0.05, 0.1) is 12.7 Å². The van der Waals surface area contributed by atoms with Crippen molar-refractivity contribution < 1.29 is 4.74 Å². The van der Waals surface area contributed by atoms with Crippen LogP contribution in [0.2, 0.25) is 0 Å². The van der Waals surface area contributed by atoms with Gasteiger partial charge in [0.15, 0.2) is 0 Å². The minimum atomic E-state index is 0.521. The minimum Gasteiger partial charge on any atom is -0.374 e. The summed E-state index contributed by atoms with van der Waals surface area (Å²) in [7, 11) is 0. The molecule has 0 bridgehead atoms. The Kier molecular flexibility index (Phi) is 4.57. The molecule has 0 amide bonds. The van der Waals surface area contributed by atoms with E-state index in [2.05, 4.69) is 43.4 Å². The van der Waals surface area contributed by atoms with E-state index < -0.39 is 0 Å². The molecule has 2 rings (SSSR count). The lowest BCUT2D eigenvalue weighted by atomic mass is 9.96. The van der Waals surface area contributed by atoms with Gasteiger partial charge in [-0.05, 0) is 30.4 Å². The van der Waals surface area contributed by atoms with E-state index in [-0.39, 0.29) is 0 Å². The first kappa shape index (κ1) is 12.6. The molecular formula is C15H23NO. The third kappa shape index (κ3) is 4.14. The van der Waals surface area contributed by atoms with Crippen LogP contribution in [0.25, 0.3) is 0 Å². The molecule has 2 nitrogen and oxygen atoms in total. The molecule has 0 saturated heterocycles. The lowest BCUT2D eigenvalue weighted by molar-refractivity contribution is -0.00868. The maximum atomic E-state index is 5.82. The Labute approximate surface area is 104 Å². The quantitative estimate of drug-likeness (QED) is 0.814. The van der Waals surface area contributed by atoms with E-state index >= 15 is 0 Å². The van der Waals surface area contributed by atoms with E-state index in [9.17, 15) is 0 Å². The molecule has 1 aliphatic rings. The molecule has 17 heavy (non-hydrogen) atoms. The SMILES string of the molecule is CC(C)NCc1cccc(COC2CCC2)c1. The van der Waals surface area contributed by atoms with Gasteiger partial charge in [-0.3, -0.25) is 0 Å². The first-order valence-corrected chi connectivity index (χ1v) is 6.67. The summed E-state index contributed by atoms with van der Waals surface area (Å²) < 4.78 is 5.82. The fraction of sp³-hybridized carbons (Fsp3) is 0.600. The Bertz CT molecular complexity index is 345. The molecule has 94 valence electrons. The summed E-state index contributed by atoms with van der Waals surface area (Å²) in [6.07, 6.45) is 4.35. The summed E-state index contributed by atoms with van der Waals surface area (Å²) in [5.41, 5.74) is 2.63. The smallest absolute Gasteiger partial charge is 0.0720 e. The lowest BCUT2D eigenvalue weighted by Gasteiger charge is -2.25. The Hall–Kier alpha value is -0.860. The van der Waals surface area contributed by atoms with E-state index in [1.807, 2.05) is 0 Å². The van der Waals surface area contributed by atoms with Gasteiger partial charge in [-0.1, -0.05) is 38.1 Å². The first-order valence-electron chi connectivity index (χ1n) is 6.67. The van der Waals surface area contributed by atoms with Crippen LogP contribution < -0.4 is 5.32 Å². The molecule has 0 aliphatic heterocycles. The van der Waals surface area contributed by atoms with Crippen molar-refractivity contribution in [2.45, 2.75) is 58.4 Å². The normalized spacial score (nSPS) is 16.2. The molecule has 1 saturated carbocycles. The molecule has 0 radical (unpaired) electrons. The predicted molar refractivity (Wildman–Crippen MR) is 70.8 cm³/mol. The van der Waals surface area contributed by atoms with Crippen molar-refractivity contribution in [2.75, 3.05) is 0 Å². The monoisotopic (exact) mass is 233 g/mol. The van der Waals surface area contributed by atoms with Crippen LogP contribution in [-0.4, -0.2) is 12.1 Å². The Balaban J connectivity index is 1.82. The van der Waals surface area contributed by atoms with Crippen molar-refractivity contribution in [3.05, 3.63) is 35.4 Å². The standard InChI is InChI=1S/C15H23NO/c1-12(2)16-10-13-5-3-6-14(9-13)11-17-15-7-4-8-15/h3,5-6,9,12,15-16H,4,7-8,10-11H2,1-2H3. The van der Waals surface area contributed by atoms with Gasteiger partial charge in [0.2, 0.25) is 0 Å². The summed E-state index contributed by atoms with van der Waals surface area (Å²) in [5, 5.41) is 3.44. The topological polar surface area (TPSA) is 21.3 Å². The largest absolute Gasteiger partial charge is 0.374 e. The van der Waals surface area contributed by atoms with Crippen molar-refractivity contribution in [2.24, 2.45) is 0 Å². The molecular weight excluding hydrogens is 210 g/mol. The van der Waals surface area contributed by atoms with Crippen LogP contribution in [0.5, 0.6) is 0 Å². The Morgan fingerprint density at radius 2 is 2.06 bits per heavy atom. The number of benzene rings is 1. The number of rotatable bonds is 6. The lowest BCUT2D eigenvalue weighted by Crippen LogP contribution is -2.22. The van der Waals surface area contributed by atoms with Gasteiger partial charge in [-0.2, -0.15) is 0 Å². The zero-order chi connectivity index (χ0) is 12.1. The molecule has 1 N–H and O–H groups in total. The fourth-order valence-corrected chi connectivity index (χ4v) is 1.90. The number of hydrogen-bond donors (Lipinski definition) is 1. The summed E-state index contributed by atoms with van der Waals surface area (Å²) in [5.74, 6) is 0. The average Bonchev–Trinajstić information content (AvgIpc) is 2.25. The molecule has 0 spiro atoms. The molecule has 0 atom stereocenters. The van der Waals surface area contributed by atoms with Crippen molar-refractivity contribution in [3.8, 4) is 0 Å². The van der Waals surface area contributed by atoms with Crippen LogP contribution in [-0.2, 0) is 17.9 Å². The van der Waals surface area contributed by atoms with E-state index in [0.717, 1.165) is 13.2 Å². The van der Waals surface area contributed by atoms with Crippen LogP contribution in [0.4, 0.5) is 0 Å². The van der Waals surface area contributed by atoms with Crippen LogP contribution in [0.15, 0.2) is 24.3 Å². The van der Waals surface area contributed by atoms with Crippen LogP contribution in [0, 0.1) is 0 Å². The van der Waals surface area contributed by atoms with Crippen molar-refractivity contribution in [1.82, 2.24) is 5.32 Å². The first-order chi connectivity index (χ1) is 8.24. The predicted octanol–water partition coefficient (Wildman–Crippen LogP) is 3.25. The molecule has 1 fully saturated rings. The van der Waals surface area contributed by atoms with E-state index in [1.165, 1.54) is 30.4 Å². The highest BCUT2D eigenvalue weighted by atomic mass is 16.5. The van der Waals surface area contributed by atoms with Gasteiger partial charge in [-0.25, -0.2) is 0 Å². The zero-order valence-electron chi connectivity index (χ0n) is 10.9. The summed E-state index contributed by atoms with van der Waals surface area (Å²) in [6, 6.07) is 9.22. The molecule has 0 heterocycles. The molecule has 1 aromatic rings. The highest BCUT2D eigenvalue weighted by molar-refractivity contribution is 5.22. The zero-order valence-corrected chi connectivity index (χ0v) is 10.9. The maximum Gasteiger partial charge on any atom is 0.0720 e. The highest BCUT2D eigenvalue weighted by Gasteiger charge is 2.17. The van der Waals surface area contributed by atoms with Crippen LogP contribution in [0.1, 0.15) is 44.2 Å². The van der Waals surface area contributed by atoms with E-state index in [1.54, 1.807) is 0 Å². The van der Waals surface area contributed by atoms with Gasteiger partial charge in [0.1, 0.15) is 0 Å².